The van der Waals surface area contributed by atoms with Crippen molar-refractivity contribution in [2.75, 3.05) is 13.2 Å². The molecule has 1 rings (SSSR count). The number of rotatable bonds is 1. The molecule has 110 valence electrons. The normalized spacial score (nSPS) is 25.4. The van der Waals surface area contributed by atoms with Crippen molar-refractivity contribution in [3.05, 3.63) is 18.4 Å². The zero-order chi connectivity index (χ0) is 13.6. The van der Waals surface area contributed by atoms with Gasteiger partial charge in [0.25, 0.3) is 0 Å². The molecule has 1 nitrogen and oxygen atoms in total. The third-order valence-electron chi connectivity index (χ3n) is 4.08. The molecule has 0 aromatic carbocycles. The summed E-state index contributed by atoms with van der Waals surface area (Å²) in [4.78, 5) is 0. The van der Waals surface area contributed by atoms with Gasteiger partial charge in [-0.3, -0.25) is 0 Å². The largest absolute Gasteiger partial charge is 0.381 e. The molecule has 0 bridgehead atoms. The summed E-state index contributed by atoms with van der Waals surface area (Å²) in [5.74, 6) is 0.724. The molecule has 0 radical (unpaired) electrons. The Kier molecular flexibility index (Phi) is 10.9. The number of hydrogen-bond acceptors (Lipinski definition) is 1. The van der Waals surface area contributed by atoms with Crippen molar-refractivity contribution in [1.29, 1.82) is 0 Å². The lowest BCUT2D eigenvalue weighted by Gasteiger charge is -2.12. The summed E-state index contributed by atoms with van der Waals surface area (Å²) < 4.78 is 5.67. The highest BCUT2D eigenvalue weighted by molar-refractivity contribution is 4.84. The zero-order valence-corrected chi connectivity index (χ0v) is 12.7. The minimum Gasteiger partial charge on any atom is -0.381 e. The van der Waals surface area contributed by atoms with Gasteiger partial charge in [-0.05, 0) is 37.7 Å². The summed E-state index contributed by atoms with van der Waals surface area (Å²) in [5, 5.41) is 0. The first-order valence-electron chi connectivity index (χ1n) is 8.37. The summed E-state index contributed by atoms with van der Waals surface area (Å²) in [7, 11) is 0. The van der Waals surface area contributed by atoms with Gasteiger partial charge in [0.05, 0.1) is 0 Å². The summed E-state index contributed by atoms with van der Waals surface area (Å²) in [5.41, 5.74) is 3.00. The van der Waals surface area contributed by atoms with Crippen LogP contribution < -0.4 is 0 Å². The van der Waals surface area contributed by atoms with Crippen LogP contribution in [0, 0.1) is 5.92 Å². The number of ether oxygens (including phenoxy) is 1. The summed E-state index contributed by atoms with van der Waals surface area (Å²) in [6, 6.07) is 0. The van der Waals surface area contributed by atoms with Crippen LogP contribution in [0.15, 0.2) is 18.4 Å². The maximum Gasteiger partial charge on any atom is 0.0466 e. The third-order valence-corrected chi connectivity index (χ3v) is 4.08. The summed E-state index contributed by atoms with van der Waals surface area (Å²) in [6.07, 6.45) is 18.3. The zero-order valence-electron chi connectivity index (χ0n) is 12.7. The Morgan fingerprint density at radius 1 is 0.737 bits per heavy atom. The molecular formula is C18H32O. The second kappa shape index (κ2) is 12.5. The van der Waals surface area contributed by atoms with Crippen LogP contribution in [0.1, 0.15) is 77.0 Å². The quantitative estimate of drug-likeness (QED) is 0.556. The van der Waals surface area contributed by atoms with Gasteiger partial charge in [0.15, 0.2) is 0 Å². The van der Waals surface area contributed by atoms with Crippen molar-refractivity contribution < 1.29 is 4.74 Å². The minimum atomic E-state index is 0.724. The SMILES string of the molecule is C=C=CC1CCCCCCCCOCCCCCC1. The maximum atomic E-state index is 5.67. The Balaban J connectivity index is 2.24. The van der Waals surface area contributed by atoms with Crippen molar-refractivity contribution in [1.82, 2.24) is 0 Å². The fraction of sp³-hybridized carbons (Fsp3) is 0.833. The van der Waals surface area contributed by atoms with Gasteiger partial charge >= 0.3 is 0 Å². The maximum absolute atomic E-state index is 5.67. The second-order valence-electron chi connectivity index (χ2n) is 5.86. The van der Waals surface area contributed by atoms with Crippen LogP contribution in [-0.2, 0) is 4.74 Å². The van der Waals surface area contributed by atoms with Crippen LogP contribution in [0.5, 0.6) is 0 Å². The molecule has 0 amide bonds. The molecule has 0 aliphatic carbocycles. The van der Waals surface area contributed by atoms with E-state index in [0.717, 1.165) is 19.1 Å². The first-order chi connectivity index (χ1) is 9.43. The molecule has 0 spiro atoms. The molecule has 1 aliphatic rings. The van der Waals surface area contributed by atoms with Crippen molar-refractivity contribution in [2.24, 2.45) is 5.92 Å². The lowest BCUT2D eigenvalue weighted by atomic mass is 9.94. The molecule has 0 N–H and O–H groups in total. The molecule has 0 saturated carbocycles. The number of allylic oxidation sites excluding steroid dienone is 1. The van der Waals surface area contributed by atoms with Gasteiger partial charge < -0.3 is 4.74 Å². The average Bonchev–Trinajstić information content (AvgIpc) is 2.41. The third kappa shape index (κ3) is 9.99. The van der Waals surface area contributed by atoms with E-state index in [-0.39, 0.29) is 0 Å². The molecule has 0 aromatic rings. The average molecular weight is 264 g/mol. The fourth-order valence-electron chi connectivity index (χ4n) is 2.86. The van der Waals surface area contributed by atoms with Crippen LogP contribution in [0.25, 0.3) is 0 Å². The Morgan fingerprint density at radius 3 is 1.74 bits per heavy atom. The highest BCUT2D eigenvalue weighted by atomic mass is 16.5. The lowest BCUT2D eigenvalue weighted by Crippen LogP contribution is -2.00. The van der Waals surface area contributed by atoms with E-state index < -0.39 is 0 Å². The van der Waals surface area contributed by atoms with Crippen LogP contribution in [0.3, 0.4) is 0 Å². The van der Waals surface area contributed by atoms with Crippen LogP contribution in [0.4, 0.5) is 0 Å². The van der Waals surface area contributed by atoms with Gasteiger partial charge in [0.1, 0.15) is 0 Å². The van der Waals surface area contributed by atoms with Crippen molar-refractivity contribution in [2.45, 2.75) is 77.0 Å². The summed E-state index contributed by atoms with van der Waals surface area (Å²) in [6.45, 7) is 5.68. The minimum absolute atomic E-state index is 0.724. The monoisotopic (exact) mass is 264 g/mol. The van der Waals surface area contributed by atoms with Gasteiger partial charge in [0, 0.05) is 13.2 Å². The van der Waals surface area contributed by atoms with Crippen LogP contribution in [0.2, 0.25) is 0 Å². The Morgan fingerprint density at radius 2 is 1.21 bits per heavy atom. The van der Waals surface area contributed by atoms with E-state index in [0.29, 0.717) is 0 Å². The Hall–Kier alpha value is -0.520. The van der Waals surface area contributed by atoms with E-state index >= 15 is 0 Å². The molecule has 0 aromatic heterocycles. The van der Waals surface area contributed by atoms with E-state index in [2.05, 4.69) is 18.4 Å². The highest BCUT2D eigenvalue weighted by Crippen LogP contribution is 2.20. The highest BCUT2D eigenvalue weighted by Gasteiger charge is 2.05. The van der Waals surface area contributed by atoms with Gasteiger partial charge in [-0.1, -0.05) is 57.9 Å². The van der Waals surface area contributed by atoms with Gasteiger partial charge in [-0.2, -0.15) is 0 Å². The predicted octanol–water partition coefficient (Wildman–Crippen LogP) is 5.66. The lowest BCUT2D eigenvalue weighted by molar-refractivity contribution is 0.125. The Labute approximate surface area is 120 Å². The molecule has 1 saturated heterocycles. The smallest absolute Gasteiger partial charge is 0.0466 e. The van der Waals surface area contributed by atoms with E-state index in [9.17, 15) is 0 Å². The molecule has 1 fully saturated rings. The topological polar surface area (TPSA) is 9.23 Å². The molecule has 1 heteroatoms. The second-order valence-corrected chi connectivity index (χ2v) is 5.86. The first-order valence-corrected chi connectivity index (χ1v) is 8.37. The van der Waals surface area contributed by atoms with Crippen LogP contribution in [-0.4, -0.2) is 13.2 Å². The Bertz CT molecular complexity index is 224. The molecule has 1 heterocycles. The van der Waals surface area contributed by atoms with E-state index in [1.54, 1.807) is 0 Å². The fourth-order valence-corrected chi connectivity index (χ4v) is 2.86. The van der Waals surface area contributed by atoms with Crippen molar-refractivity contribution in [3.8, 4) is 0 Å². The molecule has 1 unspecified atom stereocenters. The van der Waals surface area contributed by atoms with Gasteiger partial charge in [-0.15, -0.1) is 5.73 Å². The first kappa shape index (κ1) is 16.5. The molecule has 19 heavy (non-hydrogen) atoms. The number of hydrogen-bond donors (Lipinski definition) is 0. The standard InChI is InChI=1S/C18H32O/c1-2-13-18-14-9-5-3-4-7-11-16-19-17-12-8-6-10-15-18/h13,18H,1,3-12,14-17H2. The van der Waals surface area contributed by atoms with Crippen molar-refractivity contribution >= 4 is 0 Å². The summed E-state index contributed by atoms with van der Waals surface area (Å²) >= 11 is 0. The molecular weight excluding hydrogens is 232 g/mol. The van der Waals surface area contributed by atoms with Gasteiger partial charge in [0.2, 0.25) is 0 Å². The van der Waals surface area contributed by atoms with E-state index in [4.69, 9.17) is 4.74 Å². The predicted molar refractivity (Wildman–Crippen MR) is 83.4 cm³/mol. The van der Waals surface area contributed by atoms with E-state index in [1.165, 1.54) is 77.0 Å². The van der Waals surface area contributed by atoms with Gasteiger partial charge in [-0.25, -0.2) is 0 Å². The molecule has 1 aliphatic heterocycles. The van der Waals surface area contributed by atoms with Crippen molar-refractivity contribution in [3.63, 3.8) is 0 Å². The van der Waals surface area contributed by atoms with Crippen LogP contribution >= 0.6 is 0 Å². The molecule has 1 atom stereocenters. The van der Waals surface area contributed by atoms with E-state index in [1.807, 2.05) is 0 Å².